The number of nitrogens with zero attached hydrogens (tertiary/aromatic N) is 3. The lowest BCUT2D eigenvalue weighted by Crippen LogP contribution is -2.46. The van der Waals surface area contributed by atoms with Gasteiger partial charge in [0.15, 0.2) is 0 Å². The van der Waals surface area contributed by atoms with E-state index in [-0.39, 0.29) is 17.6 Å². The topological polar surface area (TPSA) is 62.7 Å². The van der Waals surface area contributed by atoms with Crippen molar-refractivity contribution in [3.8, 4) is 0 Å². The molecule has 3 rings (SSSR count). The van der Waals surface area contributed by atoms with Crippen molar-refractivity contribution >= 4 is 29.0 Å². The zero-order valence-electron chi connectivity index (χ0n) is 15.4. The van der Waals surface area contributed by atoms with E-state index in [9.17, 15) is 14.0 Å². The molecule has 2 aromatic rings. The molecule has 0 aliphatic carbocycles. The number of ether oxygens (including phenoxy) is 1. The standard InChI is InChI=1S/C19H22FN3O3S/c1-13-21-16(12-27-13)11-23(17-7-5-15(20)6-8-17)18(24)14-4-3-9-22(10-14)19(25)26-2/h5-8,12,14H,3-4,9-11H2,1-2H3. The van der Waals surface area contributed by atoms with Crippen LogP contribution in [0.15, 0.2) is 29.6 Å². The van der Waals surface area contributed by atoms with Crippen molar-refractivity contribution in [1.29, 1.82) is 0 Å². The fourth-order valence-electron chi connectivity index (χ4n) is 3.25. The van der Waals surface area contributed by atoms with Crippen LogP contribution in [0.4, 0.5) is 14.9 Å². The first kappa shape index (κ1) is 19.3. The minimum absolute atomic E-state index is 0.0964. The summed E-state index contributed by atoms with van der Waals surface area (Å²) in [4.78, 5) is 32.7. The van der Waals surface area contributed by atoms with Gasteiger partial charge in [-0.1, -0.05) is 0 Å². The molecule has 27 heavy (non-hydrogen) atoms. The average molecular weight is 391 g/mol. The Balaban J connectivity index is 1.83. The Labute approximate surface area is 161 Å². The summed E-state index contributed by atoms with van der Waals surface area (Å²) in [6.45, 7) is 3.12. The number of rotatable bonds is 4. The van der Waals surface area contributed by atoms with E-state index in [1.54, 1.807) is 21.9 Å². The van der Waals surface area contributed by atoms with E-state index in [1.807, 2.05) is 12.3 Å². The van der Waals surface area contributed by atoms with Gasteiger partial charge >= 0.3 is 6.09 Å². The van der Waals surface area contributed by atoms with Gasteiger partial charge in [0.2, 0.25) is 5.91 Å². The van der Waals surface area contributed by atoms with Crippen molar-refractivity contribution in [3.05, 3.63) is 46.2 Å². The van der Waals surface area contributed by atoms with Crippen LogP contribution in [0.5, 0.6) is 0 Å². The first-order chi connectivity index (χ1) is 13.0. The van der Waals surface area contributed by atoms with Crippen molar-refractivity contribution in [3.63, 3.8) is 0 Å². The van der Waals surface area contributed by atoms with E-state index in [0.29, 0.717) is 31.7 Å². The molecule has 1 aliphatic heterocycles. The fourth-order valence-corrected chi connectivity index (χ4v) is 3.86. The number of methoxy groups -OCH3 is 1. The molecular formula is C19H22FN3O3S. The molecule has 1 aromatic heterocycles. The van der Waals surface area contributed by atoms with Crippen LogP contribution in [0.2, 0.25) is 0 Å². The van der Waals surface area contributed by atoms with Crippen LogP contribution >= 0.6 is 11.3 Å². The molecule has 1 aromatic carbocycles. The van der Waals surface area contributed by atoms with Gasteiger partial charge in [0.05, 0.1) is 30.3 Å². The lowest BCUT2D eigenvalue weighted by molar-refractivity contribution is -0.123. The maximum atomic E-state index is 13.3. The van der Waals surface area contributed by atoms with Crippen molar-refractivity contribution in [2.24, 2.45) is 5.92 Å². The predicted molar refractivity (Wildman–Crippen MR) is 101 cm³/mol. The van der Waals surface area contributed by atoms with Crippen LogP contribution in [0, 0.1) is 18.7 Å². The van der Waals surface area contributed by atoms with Crippen LogP contribution in [0.1, 0.15) is 23.5 Å². The second-order valence-corrected chi connectivity index (χ2v) is 7.58. The van der Waals surface area contributed by atoms with Crippen molar-refractivity contribution in [2.45, 2.75) is 26.3 Å². The third kappa shape index (κ3) is 4.63. The quantitative estimate of drug-likeness (QED) is 0.799. The Hall–Kier alpha value is -2.48. The molecule has 1 aliphatic rings. The van der Waals surface area contributed by atoms with Crippen LogP contribution < -0.4 is 4.90 Å². The summed E-state index contributed by atoms with van der Waals surface area (Å²) in [5.41, 5.74) is 1.40. The van der Waals surface area contributed by atoms with Gasteiger partial charge in [-0.3, -0.25) is 4.79 Å². The molecule has 144 valence electrons. The molecule has 6 nitrogen and oxygen atoms in total. The number of aromatic nitrogens is 1. The zero-order chi connectivity index (χ0) is 19.4. The number of likely N-dealkylation sites (tertiary alicyclic amines) is 1. The zero-order valence-corrected chi connectivity index (χ0v) is 16.2. The Kier molecular flexibility index (Phi) is 6.05. The van der Waals surface area contributed by atoms with Gasteiger partial charge < -0.3 is 14.5 Å². The second-order valence-electron chi connectivity index (χ2n) is 6.51. The lowest BCUT2D eigenvalue weighted by Gasteiger charge is -2.34. The number of hydrogen-bond acceptors (Lipinski definition) is 5. The Morgan fingerprint density at radius 1 is 1.37 bits per heavy atom. The normalized spacial score (nSPS) is 16.9. The Bertz CT molecular complexity index is 809. The van der Waals surface area contributed by atoms with E-state index in [4.69, 9.17) is 4.74 Å². The monoisotopic (exact) mass is 391 g/mol. The molecule has 0 N–H and O–H groups in total. The second kappa shape index (κ2) is 8.47. The highest BCUT2D eigenvalue weighted by Crippen LogP contribution is 2.25. The number of thiazole rings is 1. The summed E-state index contributed by atoms with van der Waals surface area (Å²) in [7, 11) is 1.34. The third-order valence-corrected chi connectivity index (χ3v) is 5.42. The highest BCUT2D eigenvalue weighted by Gasteiger charge is 2.32. The van der Waals surface area contributed by atoms with Gasteiger partial charge in [0.1, 0.15) is 5.82 Å². The van der Waals surface area contributed by atoms with Gasteiger partial charge in [0.25, 0.3) is 0 Å². The van der Waals surface area contributed by atoms with E-state index in [1.165, 1.54) is 30.6 Å². The summed E-state index contributed by atoms with van der Waals surface area (Å²) in [5.74, 6) is -0.784. The number of hydrogen-bond donors (Lipinski definition) is 0. The summed E-state index contributed by atoms with van der Waals surface area (Å²) in [6, 6.07) is 5.85. The van der Waals surface area contributed by atoms with E-state index in [2.05, 4.69) is 4.98 Å². The third-order valence-electron chi connectivity index (χ3n) is 4.59. The van der Waals surface area contributed by atoms with Gasteiger partial charge in [-0.2, -0.15) is 0 Å². The number of benzene rings is 1. The molecular weight excluding hydrogens is 369 g/mol. The maximum Gasteiger partial charge on any atom is 0.409 e. The Morgan fingerprint density at radius 3 is 2.74 bits per heavy atom. The van der Waals surface area contributed by atoms with E-state index < -0.39 is 6.09 Å². The summed E-state index contributed by atoms with van der Waals surface area (Å²) >= 11 is 1.52. The van der Waals surface area contributed by atoms with E-state index in [0.717, 1.165) is 17.1 Å². The number of aryl methyl sites for hydroxylation is 1. The molecule has 0 spiro atoms. The molecule has 1 saturated heterocycles. The average Bonchev–Trinajstić information content (AvgIpc) is 3.10. The molecule has 2 heterocycles. The van der Waals surface area contributed by atoms with Crippen LogP contribution in [0.3, 0.4) is 0 Å². The minimum Gasteiger partial charge on any atom is -0.453 e. The largest absolute Gasteiger partial charge is 0.453 e. The number of anilines is 1. The Morgan fingerprint density at radius 2 is 2.11 bits per heavy atom. The van der Waals surface area contributed by atoms with Gasteiger partial charge in [0, 0.05) is 24.2 Å². The summed E-state index contributed by atoms with van der Waals surface area (Å²) < 4.78 is 18.1. The smallest absolute Gasteiger partial charge is 0.409 e. The predicted octanol–water partition coefficient (Wildman–Crippen LogP) is 3.60. The van der Waals surface area contributed by atoms with Gasteiger partial charge in [-0.15, -0.1) is 11.3 Å². The number of carbonyl (C=O) groups excluding carboxylic acids is 2. The molecule has 0 bridgehead atoms. The number of amides is 2. The molecule has 2 amide bonds. The molecule has 0 saturated carbocycles. The highest BCUT2D eigenvalue weighted by molar-refractivity contribution is 7.09. The first-order valence-corrected chi connectivity index (χ1v) is 9.66. The van der Waals surface area contributed by atoms with Gasteiger partial charge in [-0.05, 0) is 44.0 Å². The highest BCUT2D eigenvalue weighted by atomic mass is 32.1. The molecule has 8 heteroatoms. The summed E-state index contributed by atoms with van der Waals surface area (Å²) in [6.07, 6.45) is 1.01. The first-order valence-electron chi connectivity index (χ1n) is 8.78. The lowest BCUT2D eigenvalue weighted by atomic mass is 9.96. The number of carbonyl (C=O) groups is 2. The summed E-state index contributed by atoms with van der Waals surface area (Å²) in [5, 5.41) is 2.84. The minimum atomic E-state index is -0.420. The number of piperidine rings is 1. The van der Waals surface area contributed by atoms with Crippen LogP contribution in [0.25, 0.3) is 0 Å². The number of halogens is 1. The van der Waals surface area contributed by atoms with E-state index >= 15 is 0 Å². The van der Waals surface area contributed by atoms with Gasteiger partial charge in [-0.25, -0.2) is 14.2 Å². The molecule has 1 fully saturated rings. The molecule has 1 unspecified atom stereocenters. The SMILES string of the molecule is COC(=O)N1CCCC(C(=O)N(Cc2csc(C)n2)c2ccc(F)cc2)C1. The maximum absolute atomic E-state index is 13.3. The van der Waals surface area contributed by atoms with Crippen molar-refractivity contribution in [1.82, 2.24) is 9.88 Å². The molecule has 0 radical (unpaired) electrons. The van der Waals surface area contributed by atoms with Crippen molar-refractivity contribution < 1.29 is 18.7 Å². The van der Waals surface area contributed by atoms with Crippen LogP contribution in [-0.2, 0) is 16.1 Å². The van der Waals surface area contributed by atoms with Crippen LogP contribution in [-0.4, -0.2) is 42.1 Å². The van der Waals surface area contributed by atoms with Crippen molar-refractivity contribution in [2.75, 3.05) is 25.1 Å². The molecule has 1 atom stereocenters. The fraction of sp³-hybridized carbons (Fsp3) is 0.421.